The molecule has 7 heteroatoms. The molecule has 0 saturated carbocycles. The van der Waals surface area contributed by atoms with E-state index in [-0.39, 0.29) is 0 Å². The molecule has 4 rings (SSSR count). The van der Waals surface area contributed by atoms with E-state index in [4.69, 9.17) is 9.72 Å². The molecule has 2 aromatic carbocycles. The van der Waals surface area contributed by atoms with Crippen molar-refractivity contribution in [3.8, 4) is 16.9 Å². The molecule has 2 aromatic heterocycles. The second-order valence-corrected chi connectivity index (χ2v) is 8.52. The molecule has 0 spiro atoms. The van der Waals surface area contributed by atoms with E-state index >= 15 is 0 Å². The fourth-order valence-corrected chi connectivity index (χ4v) is 3.78. The predicted octanol–water partition coefficient (Wildman–Crippen LogP) is 3.40. The predicted molar refractivity (Wildman–Crippen MR) is 107 cm³/mol. The van der Waals surface area contributed by atoms with Crippen LogP contribution < -0.4 is 4.74 Å². The molecule has 0 atom stereocenters. The molecule has 0 aliphatic rings. The van der Waals surface area contributed by atoms with Crippen LogP contribution in [-0.4, -0.2) is 36.4 Å². The zero-order valence-electron chi connectivity index (χ0n) is 15.5. The number of rotatable bonds is 5. The first-order valence-corrected chi connectivity index (χ1v) is 10.6. The maximum Gasteiger partial charge on any atom is 0.175 e. The van der Waals surface area contributed by atoms with Crippen molar-refractivity contribution in [2.24, 2.45) is 0 Å². The Kier molecular flexibility index (Phi) is 4.60. The van der Waals surface area contributed by atoms with Crippen molar-refractivity contribution in [2.75, 3.05) is 13.4 Å². The number of para-hydroxylation sites is 1. The van der Waals surface area contributed by atoms with Crippen LogP contribution in [0, 0.1) is 0 Å². The topological polar surface area (TPSA) is 73.6 Å². The molecule has 142 valence electrons. The van der Waals surface area contributed by atoms with Gasteiger partial charge < -0.3 is 4.74 Å². The van der Waals surface area contributed by atoms with E-state index in [1.165, 1.54) is 6.26 Å². The minimum Gasteiger partial charge on any atom is -0.496 e. The molecule has 0 amide bonds. The monoisotopic (exact) mass is 393 g/mol. The number of fused-ring (bicyclic) bond motifs is 1. The Morgan fingerprint density at radius 3 is 2.46 bits per heavy atom. The van der Waals surface area contributed by atoms with Crippen molar-refractivity contribution >= 4 is 15.5 Å². The summed E-state index contributed by atoms with van der Waals surface area (Å²) in [5.41, 5.74) is 3.51. The van der Waals surface area contributed by atoms with Crippen LogP contribution in [0.4, 0.5) is 0 Å². The molecular weight excluding hydrogens is 374 g/mol. The summed E-state index contributed by atoms with van der Waals surface area (Å²) in [7, 11) is -1.58. The second kappa shape index (κ2) is 7.09. The first-order chi connectivity index (χ1) is 13.5. The number of hydrogen-bond acceptors (Lipinski definition) is 5. The normalized spacial score (nSPS) is 11.6. The lowest BCUT2D eigenvalue weighted by molar-refractivity contribution is 0.410. The van der Waals surface area contributed by atoms with Crippen LogP contribution in [0.1, 0.15) is 11.4 Å². The number of sulfone groups is 1. The van der Waals surface area contributed by atoms with Crippen molar-refractivity contribution < 1.29 is 13.2 Å². The Morgan fingerprint density at radius 1 is 1.00 bits per heavy atom. The summed E-state index contributed by atoms with van der Waals surface area (Å²) in [5.74, 6) is 1.49. The molecule has 2 heterocycles. The van der Waals surface area contributed by atoms with Gasteiger partial charge in [-0.25, -0.2) is 17.9 Å². The zero-order valence-corrected chi connectivity index (χ0v) is 16.3. The Balaban J connectivity index is 1.73. The van der Waals surface area contributed by atoms with E-state index in [2.05, 4.69) is 5.10 Å². The van der Waals surface area contributed by atoms with Crippen LogP contribution in [0.2, 0.25) is 0 Å². The first kappa shape index (κ1) is 18.2. The first-order valence-electron chi connectivity index (χ1n) is 8.72. The van der Waals surface area contributed by atoms with Crippen molar-refractivity contribution in [1.82, 2.24) is 14.6 Å². The quantitative estimate of drug-likeness (QED) is 0.520. The third kappa shape index (κ3) is 3.48. The highest BCUT2D eigenvalue weighted by atomic mass is 32.2. The number of aromatic nitrogens is 3. The largest absolute Gasteiger partial charge is 0.496 e. The SMILES string of the molecule is COc1ccccc1Cc1nc2c(-c3ccc(S(C)(=O)=O)cc3)cccn2n1. The third-order valence-corrected chi connectivity index (χ3v) is 5.67. The number of pyridine rings is 1. The molecular formula is C21H19N3O3S. The van der Waals surface area contributed by atoms with Crippen molar-refractivity contribution in [3.05, 3.63) is 78.2 Å². The van der Waals surface area contributed by atoms with Gasteiger partial charge in [0.25, 0.3) is 0 Å². The van der Waals surface area contributed by atoms with Crippen LogP contribution >= 0.6 is 0 Å². The van der Waals surface area contributed by atoms with Gasteiger partial charge in [-0.3, -0.25) is 0 Å². The standard InChI is InChI=1S/C21H19N3O3S/c1-27-19-8-4-3-6-16(19)14-20-22-21-18(7-5-13-24(21)23-20)15-9-11-17(12-10-15)28(2,25)26/h3-13H,14H2,1-2H3. The van der Waals surface area contributed by atoms with Gasteiger partial charge in [-0.1, -0.05) is 30.3 Å². The van der Waals surface area contributed by atoms with E-state index < -0.39 is 9.84 Å². The lowest BCUT2D eigenvalue weighted by Crippen LogP contribution is -1.96. The van der Waals surface area contributed by atoms with Gasteiger partial charge in [-0.2, -0.15) is 5.10 Å². The van der Waals surface area contributed by atoms with Crippen LogP contribution in [0.15, 0.2) is 71.8 Å². The van der Waals surface area contributed by atoms with Gasteiger partial charge in [0.05, 0.1) is 12.0 Å². The molecule has 0 unspecified atom stereocenters. The van der Waals surface area contributed by atoms with E-state index in [1.54, 1.807) is 35.9 Å². The Hall–Kier alpha value is -3.19. The molecule has 6 nitrogen and oxygen atoms in total. The smallest absolute Gasteiger partial charge is 0.175 e. The number of methoxy groups -OCH3 is 1. The molecule has 28 heavy (non-hydrogen) atoms. The fraction of sp³-hybridized carbons (Fsp3) is 0.143. The van der Waals surface area contributed by atoms with E-state index in [1.807, 2.05) is 42.6 Å². The van der Waals surface area contributed by atoms with E-state index in [0.29, 0.717) is 17.1 Å². The lowest BCUT2D eigenvalue weighted by Gasteiger charge is -2.05. The summed E-state index contributed by atoms with van der Waals surface area (Å²) in [6.07, 6.45) is 3.60. The van der Waals surface area contributed by atoms with Crippen LogP contribution in [-0.2, 0) is 16.3 Å². The maximum absolute atomic E-state index is 11.7. The minimum atomic E-state index is -3.23. The molecule has 0 aliphatic heterocycles. The summed E-state index contributed by atoms with van der Waals surface area (Å²) in [6, 6.07) is 18.5. The molecule has 0 bridgehead atoms. The molecule has 0 radical (unpaired) electrons. The van der Waals surface area contributed by atoms with Crippen LogP contribution in [0.5, 0.6) is 5.75 Å². The summed E-state index contributed by atoms with van der Waals surface area (Å²) in [5, 5.41) is 4.58. The Morgan fingerprint density at radius 2 is 1.75 bits per heavy atom. The van der Waals surface area contributed by atoms with Gasteiger partial charge in [0.2, 0.25) is 0 Å². The fourth-order valence-electron chi connectivity index (χ4n) is 3.15. The lowest BCUT2D eigenvalue weighted by atomic mass is 10.1. The van der Waals surface area contributed by atoms with Crippen LogP contribution in [0.25, 0.3) is 16.8 Å². The summed E-state index contributed by atoms with van der Waals surface area (Å²) < 4.78 is 30.5. The van der Waals surface area contributed by atoms with Gasteiger partial charge in [0.1, 0.15) is 5.75 Å². The van der Waals surface area contributed by atoms with Crippen molar-refractivity contribution in [3.63, 3.8) is 0 Å². The van der Waals surface area contributed by atoms with E-state index in [9.17, 15) is 8.42 Å². The molecule has 0 N–H and O–H groups in total. The van der Waals surface area contributed by atoms with Crippen molar-refractivity contribution in [2.45, 2.75) is 11.3 Å². The Bertz CT molecular complexity index is 1250. The molecule has 0 fully saturated rings. The van der Waals surface area contributed by atoms with Gasteiger partial charge in [0.15, 0.2) is 21.3 Å². The van der Waals surface area contributed by atoms with E-state index in [0.717, 1.165) is 28.1 Å². The molecule has 0 saturated heterocycles. The van der Waals surface area contributed by atoms with Crippen LogP contribution in [0.3, 0.4) is 0 Å². The Labute approximate surface area is 163 Å². The third-order valence-electron chi connectivity index (χ3n) is 4.54. The minimum absolute atomic E-state index is 0.293. The molecule has 0 aliphatic carbocycles. The highest BCUT2D eigenvalue weighted by molar-refractivity contribution is 7.90. The van der Waals surface area contributed by atoms with Gasteiger partial charge in [-0.15, -0.1) is 0 Å². The average molecular weight is 393 g/mol. The van der Waals surface area contributed by atoms with Gasteiger partial charge in [0, 0.05) is 30.0 Å². The van der Waals surface area contributed by atoms with Gasteiger partial charge in [-0.05, 0) is 35.9 Å². The highest BCUT2D eigenvalue weighted by Crippen LogP contribution is 2.26. The highest BCUT2D eigenvalue weighted by Gasteiger charge is 2.13. The van der Waals surface area contributed by atoms with Gasteiger partial charge >= 0.3 is 0 Å². The summed E-state index contributed by atoms with van der Waals surface area (Å²) in [4.78, 5) is 5.00. The maximum atomic E-state index is 11.7. The second-order valence-electron chi connectivity index (χ2n) is 6.50. The molecule has 4 aromatic rings. The average Bonchev–Trinajstić information content (AvgIpc) is 3.10. The number of ether oxygens (including phenoxy) is 1. The summed E-state index contributed by atoms with van der Waals surface area (Å²) >= 11 is 0. The summed E-state index contributed by atoms with van der Waals surface area (Å²) in [6.45, 7) is 0. The van der Waals surface area contributed by atoms with Crippen molar-refractivity contribution in [1.29, 1.82) is 0 Å². The number of benzene rings is 2. The number of hydrogen-bond donors (Lipinski definition) is 0. The zero-order chi connectivity index (χ0) is 19.7. The number of nitrogens with zero attached hydrogens (tertiary/aromatic N) is 3.